The lowest BCUT2D eigenvalue weighted by Gasteiger charge is -2.14. The van der Waals surface area contributed by atoms with E-state index >= 15 is 0 Å². The van der Waals surface area contributed by atoms with Crippen molar-refractivity contribution >= 4 is 21.9 Å². The highest BCUT2D eigenvalue weighted by atomic mass is 16.3. The molecule has 0 spiro atoms. The summed E-state index contributed by atoms with van der Waals surface area (Å²) in [6.45, 7) is 0. The second kappa shape index (κ2) is 10.0. The quantitative estimate of drug-likeness (QED) is 0.231. The van der Waals surface area contributed by atoms with Gasteiger partial charge in [-0.25, -0.2) is 0 Å². The van der Waals surface area contributed by atoms with Gasteiger partial charge in [-0.1, -0.05) is 91.0 Å². The standard InChI is InChI=1S/C38H22N2O/c39-23-29-13-7-8-14-31(29)28-15-17-32-35-19-27(16-18-37(35)41-38(32)22-28)30-20-33(25-9-3-1-4-10-25)36(24-40)34(21-30)26-11-5-2-6-12-26/h1-22H. The Morgan fingerprint density at radius 3 is 1.71 bits per heavy atom. The lowest BCUT2D eigenvalue weighted by atomic mass is 9.88. The molecular weight excluding hydrogens is 500 g/mol. The summed E-state index contributed by atoms with van der Waals surface area (Å²) >= 11 is 0. The first-order chi connectivity index (χ1) is 20.2. The topological polar surface area (TPSA) is 60.7 Å². The second-order valence-electron chi connectivity index (χ2n) is 9.97. The molecule has 1 aromatic heterocycles. The lowest BCUT2D eigenvalue weighted by Crippen LogP contribution is -1.92. The molecule has 6 aromatic carbocycles. The van der Waals surface area contributed by atoms with E-state index in [9.17, 15) is 10.5 Å². The van der Waals surface area contributed by atoms with E-state index in [0.29, 0.717) is 11.1 Å². The molecule has 0 aliphatic carbocycles. The average Bonchev–Trinajstić information content (AvgIpc) is 3.42. The van der Waals surface area contributed by atoms with Gasteiger partial charge in [-0.2, -0.15) is 10.5 Å². The number of nitrogens with zero attached hydrogens (tertiary/aromatic N) is 2. The van der Waals surface area contributed by atoms with E-state index in [4.69, 9.17) is 4.42 Å². The molecule has 0 aliphatic heterocycles. The fourth-order valence-electron chi connectivity index (χ4n) is 5.58. The predicted octanol–water partition coefficient (Wildman–Crippen LogP) is 10.00. The van der Waals surface area contributed by atoms with Crippen LogP contribution >= 0.6 is 0 Å². The number of furan rings is 1. The van der Waals surface area contributed by atoms with Crippen molar-refractivity contribution in [2.75, 3.05) is 0 Å². The van der Waals surface area contributed by atoms with Crippen LogP contribution in [0.2, 0.25) is 0 Å². The number of fused-ring (bicyclic) bond motifs is 3. The van der Waals surface area contributed by atoms with Crippen LogP contribution < -0.4 is 0 Å². The Bertz CT molecular complexity index is 2100. The van der Waals surface area contributed by atoms with Crippen molar-refractivity contribution < 1.29 is 4.42 Å². The van der Waals surface area contributed by atoms with Gasteiger partial charge in [0.2, 0.25) is 0 Å². The fourth-order valence-corrected chi connectivity index (χ4v) is 5.58. The minimum absolute atomic E-state index is 0.634. The molecule has 3 nitrogen and oxygen atoms in total. The highest BCUT2D eigenvalue weighted by Gasteiger charge is 2.17. The van der Waals surface area contributed by atoms with E-state index in [1.165, 1.54) is 0 Å². The van der Waals surface area contributed by atoms with E-state index in [2.05, 4.69) is 42.5 Å². The SMILES string of the molecule is N#Cc1ccccc1-c1ccc2c(c1)oc1ccc(-c3cc(-c4ccccc4)c(C#N)c(-c4ccccc4)c3)cc12. The van der Waals surface area contributed by atoms with Gasteiger partial charge in [0.15, 0.2) is 0 Å². The third-order valence-corrected chi connectivity index (χ3v) is 7.58. The zero-order chi connectivity index (χ0) is 27.8. The first-order valence-corrected chi connectivity index (χ1v) is 13.4. The average molecular weight is 523 g/mol. The van der Waals surface area contributed by atoms with E-state index in [1.54, 1.807) is 0 Å². The van der Waals surface area contributed by atoms with Crippen LogP contribution in [-0.4, -0.2) is 0 Å². The molecule has 190 valence electrons. The van der Waals surface area contributed by atoms with Crippen LogP contribution in [-0.2, 0) is 0 Å². The summed E-state index contributed by atoms with van der Waals surface area (Å²) in [5, 5.41) is 21.9. The van der Waals surface area contributed by atoms with Gasteiger partial charge in [-0.15, -0.1) is 0 Å². The van der Waals surface area contributed by atoms with Gasteiger partial charge < -0.3 is 4.42 Å². The van der Waals surface area contributed by atoms with E-state index in [0.717, 1.165) is 66.4 Å². The van der Waals surface area contributed by atoms with Gasteiger partial charge in [-0.3, -0.25) is 0 Å². The van der Waals surface area contributed by atoms with Crippen molar-refractivity contribution in [2.45, 2.75) is 0 Å². The van der Waals surface area contributed by atoms with Crippen molar-refractivity contribution in [1.82, 2.24) is 0 Å². The molecule has 0 N–H and O–H groups in total. The first kappa shape index (κ1) is 24.2. The van der Waals surface area contributed by atoms with Gasteiger partial charge in [0, 0.05) is 21.9 Å². The lowest BCUT2D eigenvalue weighted by molar-refractivity contribution is 0.669. The zero-order valence-electron chi connectivity index (χ0n) is 22.0. The maximum Gasteiger partial charge on any atom is 0.136 e. The molecule has 0 fully saturated rings. The normalized spacial score (nSPS) is 10.9. The molecule has 0 atom stereocenters. The molecule has 0 amide bonds. The molecule has 3 heteroatoms. The number of nitriles is 2. The van der Waals surface area contributed by atoms with Crippen molar-refractivity contribution in [3.63, 3.8) is 0 Å². The number of hydrogen-bond acceptors (Lipinski definition) is 3. The van der Waals surface area contributed by atoms with Crippen LogP contribution in [0.15, 0.2) is 138 Å². The maximum absolute atomic E-state index is 10.3. The van der Waals surface area contributed by atoms with E-state index in [1.807, 2.05) is 103 Å². The Labute approximate surface area is 237 Å². The fraction of sp³-hybridized carbons (Fsp3) is 0. The van der Waals surface area contributed by atoms with E-state index in [-0.39, 0.29) is 0 Å². The maximum atomic E-state index is 10.3. The van der Waals surface area contributed by atoms with Crippen molar-refractivity contribution in [3.05, 3.63) is 145 Å². The summed E-state index contributed by atoms with van der Waals surface area (Å²) in [6, 6.07) is 49.1. The first-order valence-electron chi connectivity index (χ1n) is 13.4. The molecule has 7 aromatic rings. The summed E-state index contributed by atoms with van der Waals surface area (Å²) in [7, 11) is 0. The molecule has 0 bridgehead atoms. The number of hydrogen-bond donors (Lipinski definition) is 0. The van der Waals surface area contributed by atoms with E-state index < -0.39 is 0 Å². The highest BCUT2D eigenvalue weighted by molar-refractivity contribution is 6.07. The third-order valence-electron chi connectivity index (χ3n) is 7.58. The molecule has 1 heterocycles. The Morgan fingerprint density at radius 2 is 1.05 bits per heavy atom. The van der Waals surface area contributed by atoms with Gasteiger partial charge in [0.05, 0.1) is 17.2 Å². The van der Waals surface area contributed by atoms with Gasteiger partial charge in [-0.05, 0) is 75.8 Å². The van der Waals surface area contributed by atoms with Crippen LogP contribution in [0, 0.1) is 22.7 Å². The summed E-state index contributed by atoms with van der Waals surface area (Å²) in [6.07, 6.45) is 0. The highest BCUT2D eigenvalue weighted by Crippen LogP contribution is 2.39. The molecule has 0 saturated heterocycles. The second-order valence-corrected chi connectivity index (χ2v) is 9.97. The van der Waals surface area contributed by atoms with Gasteiger partial charge in [0.1, 0.15) is 17.2 Å². The van der Waals surface area contributed by atoms with Crippen LogP contribution in [0.1, 0.15) is 11.1 Å². The number of benzene rings is 6. The van der Waals surface area contributed by atoms with Gasteiger partial charge >= 0.3 is 0 Å². The molecule has 41 heavy (non-hydrogen) atoms. The predicted molar refractivity (Wildman–Crippen MR) is 165 cm³/mol. The molecule has 0 aliphatic rings. The molecule has 7 rings (SSSR count). The van der Waals surface area contributed by atoms with Crippen molar-refractivity contribution in [2.24, 2.45) is 0 Å². The van der Waals surface area contributed by atoms with Crippen molar-refractivity contribution in [1.29, 1.82) is 10.5 Å². The summed E-state index contributed by atoms with van der Waals surface area (Å²) in [5.74, 6) is 0. The Balaban J connectivity index is 1.41. The number of rotatable bonds is 4. The molecule has 0 saturated carbocycles. The Kier molecular flexibility index (Phi) is 5.90. The molecule has 0 radical (unpaired) electrons. The Hall–Kier alpha value is -5.90. The summed E-state index contributed by atoms with van der Waals surface area (Å²) in [5.41, 5.74) is 10.6. The van der Waals surface area contributed by atoms with Crippen LogP contribution in [0.3, 0.4) is 0 Å². The van der Waals surface area contributed by atoms with Crippen LogP contribution in [0.25, 0.3) is 66.4 Å². The minimum atomic E-state index is 0.634. The largest absolute Gasteiger partial charge is 0.456 e. The minimum Gasteiger partial charge on any atom is -0.456 e. The Morgan fingerprint density at radius 1 is 0.415 bits per heavy atom. The van der Waals surface area contributed by atoms with Crippen LogP contribution in [0.5, 0.6) is 0 Å². The summed E-state index contributed by atoms with van der Waals surface area (Å²) in [4.78, 5) is 0. The smallest absolute Gasteiger partial charge is 0.136 e. The molecular formula is C38H22N2O. The molecule has 0 unspecified atom stereocenters. The monoisotopic (exact) mass is 522 g/mol. The summed E-state index contributed by atoms with van der Waals surface area (Å²) < 4.78 is 6.28. The van der Waals surface area contributed by atoms with Gasteiger partial charge in [0.25, 0.3) is 0 Å². The van der Waals surface area contributed by atoms with Crippen LogP contribution in [0.4, 0.5) is 0 Å². The third kappa shape index (κ3) is 4.23. The van der Waals surface area contributed by atoms with Crippen molar-refractivity contribution in [3.8, 4) is 56.6 Å². The zero-order valence-corrected chi connectivity index (χ0v) is 22.0.